The molecular formula is C41H42ClFN10O5S. The Kier molecular flexibility index (Phi) is 10.3. The van der Waals surface area contributed by atoms with Crippen LogP contribution in [0.3, 0.4) is 0 Å². The normalized spacial score (nSPS) is 22.2. The number of halogens is 2. The first kappa shape index (κ1) is 39.0. The Hall–Kier alpha value is -5.52. The van der Waals surface area contributed by atoms with Crippen molar-refractivity contribution in [3.05, 3.63) is 80.8 Å². The van der Waals surface area contributed by atoms with E-state index >= 15 is 4.39 Å². The molecule has 2 aromatic carbocycles. The zero-order valence-electron chi connectivity index (χ0n) is 32.5. The number of amides is 5. The molecule has 4 saturated heterocycles. The molecule has 3 atom stereocenters. The molecular weight excluding hydrogens is 799 g/mol. The van der Waals surface area contributed by atoms with Crippen molar-refractivity contribution >= 4 is 80.6 Å². The van der Waals surface area contributed by atoms with E-state index in [9.17, 15) is 24.0 Å². The molecule has 5 aliphatic heterocycles. The van der Waals surface area contributed by atoms with Gasteiger partial charge in [-0.2, -0.15) is 0 Å². The Balaban J connectivity index is 0.798. The van der Waals surface area contributed by atoms with Crippen LogP contribution in [0.25, 0.3) is 0 Å². The zero-order chi connectivity index (χ0) is 41.1. The Bertz CT molecular complexity index is 2370. The fourth-order valence-electron chi connectivity index (χ4n) is 9.21. The van der Waals surface area contributed by atoms with Crippen molar-refractivity contribution in [3.63, 3.8) is 0 Å². The summed E-state index contributed by atoms with van der Waals surface area (Å²) in [7, 11) is 0. The van der Waals surface area contributed by atoms with E-state index in [-0.39, 0.29) is 42.0 Å². The molecule has 306 valence electrons. The maximum atomic E-state index is 15.8. The van der Waals surface area contributed by atoms with Crippen molar-refractivity contribution in [1.82, 2.24) is 30.1 Å². The van der Waals surface area contributed by atoms with Crippen LogP contribution >= 0.6 is 22.9 Å². The second kappa shape index (κ2) is 15.6. The Morgan fingerprint density at radius 1 is 0.966 bits per heavy atom. The molecule has 5 aliphatic rings. The van der Waals surface area contributed by atoms with E-state index in [4.69, 9.17) is 16.6 Å². The van der Waals surface area contributed by atoms with Gasteiger partial charge in [-0.25, -0.2) is 19.3 Å². The zero-order valence-corrected chi connectivity index (χ0v) is 34.0. The highest BCUT2D eigenvalue weighted by Crippen LogP contribution is 2.40. The SMILES string of the molecule is Cc1nc(Nc2ncc(C(=O)Nc3c(C)cccc3Cl)s2)cc(N2CCC(CN3CC4CCC(C3)N4c3cc4c(cc3F)C(=O)N(C3CCC(=O)NC3=O)C4=O)CC2)n1. The third-order valence-corrected chi connectivity index (χ3v) is 13.3. The summed E-state index contributed by atoms with van der Waals surface area (Å²) >= 11 is 7.52. The van der Waals surface area contributed by atoms with E-state index in [1.807, 2.05) is 32.0 Å². The Morgan fingerprint density at radius 3 is 2.41 bits per heavy atom. The van der Waals surface area contributed by atoms with Gasteiger partial charge in [0.1, 0.15) is 34.2 Å². The van der Waals surface area contributed by atoms with Crippen LogP contribution in [-0.2, 0) is 9.59 Å². The molecule has 4 fully saturated rings. The lowest BCUT2D eigenvalue weighted by atomic mass is 9.95. The van der Waals surface area contributed by atoms with Gasteiger partial charge in [-0.3, -0.25) is 39.1 Å². The summed E-state index contributed by atoms with van der Waals surface area (Å²) in [5.74, 6) is -0.841. The lowest BCUT2D eigenvalue weighted by molar-refractivity contribution is -0.136. The van der Waals surface area contributed by atoms with Gasteiger partial charge in [-0.05, 0) is 75.6 Å². The minimum absolute atomic E-state index is 0.0171. The number of para-hydroxylation sites is 1. The Morgan fingerprint density at radius 2 is 1.69 bits per heavy atom. The largest absolute Gasteiger partial charge is 0.361 e. The molecule has 59 heavy (non-hydrogen) atoms. The van der Waals surface area contributed by atoms with Crippen LogP contribution < -0.4 is 25.8 Å². The van der Waals surface area contributed by atoms with Gasteiger partial charge in [0, 0.05) is 57.3 Å². The predicted molar refractivity (Wildman–Crippen MR) is 220 cm³/mol. The molecule has 0 saturated carbocycles. The van der Waals surface area contributed by atoms with Gasteiger partial charge in [0.15, 0.2) is 5.13 Å². The highest BCUT2D eigenvalue weighted by atomic mass is 35.5. The average molecular weight is 841 g/mol. The summed E-state index contributed by atoms with van der Waals surface area (Å²) in [6, 6.07) is 8.99. The van der Waals surface area contributed by atoms with Gasteiger partial charge in [0.2, 0.25) is 11.8 Å². The number of likely N-dealkylation sites (tertiary alicyclic amines) is 1. The molecule has 9 rings (SSSR count). The minimum atomic E-state index is -1.10. The first-order chi connectivity index (χ1) is 28.4. The monoisotopic (exact) mass is 840 g/mol. The smallest absolute Gasteiger partial charge is 0.267 e. The number of benzene rings is 2. The van der Waals surface area contributed by atoms with Crippen molar-refractivity contribution < 1.29 is 28.4 Å². The van der Waals surface area contributed by atoms with Gasteiger partial charge in [0.05, 0.1) is 33.7 Å². The summed E-state index contributed by atoms with van der Waals surface area (Å²) in [4.78, 5) is 85.8. The number of carbonyl (C=O) groups excluding carboxylic acids is 5. The summed E-state index contributed by atoms with van der Waals surface area (Å²) in [6.45, 7) is 7.86. The van der Waals surface area contributed by atoms with Crippen LogP contribution in [0.1, 0.15) is 80.3 Å². The third-order valence-electron chi connectivity index (χ3n) is 12.0. The fourth-order valence-corrected chi connectivity index (χ4v) is 10.2. The second-order valence-corrected chi connectivity index (χ2v) is 17.4. The summed E-state index contributed by atoms with van der Waals surface area (Å²) < 4.78 is 15.8. The molecule has 0 spiro atoms. The second-order valence-electron chi connectivity index (χ2n) is 15.9. The number of imide groups is 2. The molecule has 15 nitrogen and oxygen atoms in total. The van der Waals surface area contributed by atoms with E-state index < -0.39 is 35.5 Å². The maximum Gasteiger partial charge on any atom is 0.267 e. The third kappa shape index (κ3) is 7.51. The predicted octanol–water partition coefficient (Wildman–Crippen LogP) is 5.31. The summed E-state index contributed by atoms with van der Waals surface area (Å²) in [5, 5.41) is 9.33. The van der Waals surface area contributed by atoms with Crippen molar-refractivity contribution in [2.24, 2.45) is 5.92 Å². The van der Waals surface area contributed by atoms with Gasteiger partial charge in [-0.1, -0.05) is 35.1 Å². The highest BCUT2D eigenvalue weighted by Gasteiger charge is 2.47. The number of anilines is 5. The average Bonchev–Trinajstić information content (AvgIpc) is 3.84. The molecule has 18 heteroatoms. The number of aryl methyl sites for hydroxylation is 2. The molecule has 0 radical (unpaired) electrons. The summed E-state index contributed by atoms with van der Waals surface area (Å²) in [6.07, 6.45) is 5.34. The number of piperazine rings is 1. The molecule has 5 amide bonds. The number of aromatic nitrogens is 3. The van der Waals surface area contributed by atoms with Crippen LogP contribution in [0.4, 0.5) is 32.5 Å². The molecule has 4 aromatic rings. The topological polar surface area (TPSA) is 173 Å². The molecule has 7 heterocycles. The highest BCUT2D eigenvalue weighted by molar-refractivity contribution is 7.17. The Labute approximate surface area is 348 Å². The van der Waals surface area contributed by atoms with Crippen molar-refractivity contribution in [3.8, 4) is 0 Å². The standard InChI is InChI=1S/C41H42ClFN10O5S/c1-21-4-3-5-28(42)36(21)49-38(56)32-17-44-41(59-32)47-33-16-34(46-22(2)45-33)51-12-10-23(11-13-51)18-50-19-24-6-7-25(20-50)52(24)31-15-27-26(14-29(31)43)39(57)53(40(27)58)30-8-9-35(54)48-37(30)55/h3-5,14-17,23-25,30H,6-13,18-20H2,1-2H3,(H,49,56)(H,48,54,55)(H,44,45,46,47). The number of nitrogens with one attached hydrogen (secondary N) is 3. The number of fused-ring (bicyclic) bond motifs is 3. The lowest BCUT2D eigenvalue weighted by Crippen LogP contribution is -2.55. The molecule has 3 N–H and O–H groups in total. The van der Waals surface area contributed by atoms with Gasteiger partial charge >= 0.3 is 0 Å². The van der Waals surface area contributed by atoms with Crippen LogP contribution in [0.15, 0.2) is 42.6 Å². The number of rotatable bonds is 9. The first-order valence-electron chi connectivity index (χ1n) is 19.9. The summed E-state index contributed by atoms with van der Waals surface area (Å²) in [5.41, 5.74) is 1.79. The number of thiazole rings is 1. The van der Waals surface area contributed by atoms with Crippen LogP contribution in [0, 0.1) is 25.6 Å². The van der Waals surface area contributed by atoms with Crippen LogP contribution in [-0.4, -0.2) is 105 Å². The van der Waals surface area contributed by atoms with Crippen molar-refractivity contribution in [2.45, 2.75) is 70.5 Å². The number of hydrogen-bond donors (Lipinski definition) is 3. The number of nitrogens with zero attached hydrogens (tertiary/aromatic N) is 7. The minimum Gasteiger partial charge on any atom is -0.361 e. The van der Waals surface area contributed by atoms with E-state index in [2.05, 4.69) is 40.6 Å². The van der Waals surface area contributed by atoms with Crippen LogP contribution in [0.2, 0.25) is 5.02 Å². The molecule has 3 unspecified atom stereocenters. The van der Waals surface area contributed by atoms with Gasteiger partial charge in [0.25, 0.3) is 17.7 Å². The van der Waals surface area contributed by atoms with Crippen LogP contribution in [0.5, 0.6) is 0 Å². The van der Waals surface area contributed by atoms with Crippen molar-refractivity contribution in [1.29, 1.82) is 0 Å². The molecule has 0 aliphatic carbocycles. The van der Waals surface area contributed by atoms with E-state index in [1.54, 1.807) is 6.07 Å². The van der Waals surface area contributed by atoms with Gasteiger partial charge in [-0.15, -0.1) is 0 Å². The quantitative estimate of drug-likeness (QED) is 0.186. The maximum absolute atomic E-state index is 15.8. The van der Waals surface area contributed by atoms with E-state index in [1.165, 1.54) is 23.6 Å². The lowest BCUT2D eigenvalue weighted by Gasteiger charge is -2.44. The van der Waals surface area contributed by atoms with E-state index in [0.717, 1.165) is 80.8 Å². The molecule has 2 aromatic heterocycles. The van der Waals surface area contributed by atoms with Gasteiger partial charge < -0.3 is 20.4 Å². The molecule has 2 bridgehead atoms. The van der Waals surface area contributed by atoms with Crippen molar-refractivity contribution in [2.75, 3.05) is 53.2 Å². The number of hydrogen-bond acceptors (Lipinski definition) is 13. The number of piperidine rings is 2. The number of carbonyl (C=O) groups is 5. The van der Waals surface area contributed by atoms with E-state index in [0.29, 0.717) is 44.0 Å². The fraction of sp³-hybridized carbons (Fsp3) is 0.415. The first-order valence-corrected chi connectivity index (χ1v) is 21.1.